The van der Waals surface area contributed by atoms with Crippen LogP contribution in [0.3, 0.4) is 0 Å². The molecule has 0 spiro atoms. The Morgan fingerprint density at radius 2 is 2.21 bits per heavy atom. The van der Waals surface area contributed by atoms with E-state index in [4.69, 9.17) is 16.3 Å². The van der Waals surface area contributed by atoms with E-state index in [1.54, 1.807) is 17.4 Å². The predicted molar refractivity (Wildman–Crippen MR) is 79.9 cm³/mol. The zero-order chi connectivity index (χ0) is 13.7. The predicted octanol–water partition coefficient (Wildman–Crippen LogP) is 3.87. The van der Waals surface area contributed by atoms with Crippen LogP contribution in [0.5, 0.6) is 5.88 Å². The molecule has 0 aliphatic carbocycles. The van der Waals surface area contributed by atoms with Crippen LogP contribution in [0.2, 0.25) is 5.02 Å². The smallest absolute Gasteiger partial charge is 0.213 e. The van der Waals surface area contributed by atoms with Gasteiger partial charge in [0.25, 0.3) is 0 Å². The van der Waals surface area contributed by atoms with Crippen LogP contribution in [0, 0.1) is 0 Å². The van der Waals surface area contributed by atoms with E-state index in [1.807, 2.05) is 23.6 Å². The van der Waals surface area contributed by atoms with Crippen LogP contribution in [-0.4, -0.2) is 11.0 Å². The molecule has 2 heterocycles. The number of thiophene rings is 1. The van der Waals surface area contributed by atoms with E-state index in [0.29, 0.717) is 30.1 Å². The van der Waals surface area contributed by atoms with Crippen molar-refractivity contribution in [2.75, 3.05) is 0 Å². The minimum atomic E-state index is 0.397. The fourth-order valence-corrected chi connectivity index (χ4v) is 2.30. The number of nitrogens with one attached hydrogen (secondary N) is 1. The van der Waals surface area contributed by atoms with E-state index in [2.05, 4.69) is 24.1 Å². The highest BCUT2D eigenvalue weighted by molar-refractivity contribution is 7.09. The van der Waals surface area contributed by atoms with Gasteiger partial charge in [-0.05, 0) is 17.5 Å². The van der Waals surface area contributed by atoms with Crippen molar-refractivity contribution < 1.29 is 4.74 Å². The Labute approximate surface area is 122 Å². The van der Waals surface area contributed by atoms with Gasteiger partial charge in [-0.15, -0.1) is 11.3 Å². The largest absolute Gasteiger partial charge is 0.472 e. The van der Waals surface area contributed by atoms with E-state index >= 15 is 0 Å². The quantitative estimate of drug-likeness (QED) is 0.878. The molecule has 0 atom stereocenters. The monoisotopic (exact) mass is 296 g/mol. The molecule has 0 saturated carbocycles. The summed E-state index contributed by atoms with van der Waals surface area (Å²) in [4.78, 5) is 5.61. The lowest BCUT2D eigenvalue weighted by atomic mass is 10.3. The first-order valence-corrected chi connectivity index (χ1v) is 7.45. The van der Waals surface area contributed by atoms with Gasteiger partial charge < -0.3 is 10.1 Å². The van der Waals surface area contributed by atoms with Crippen molar-refractivity contribution in [3.8, 4) is 5.88 Å². The molecule has 19 heavy (non-hydrogen) atoms. The maximum atomic E-state index is 6.12. The number of hydrogen-bond donors (Lipinski definition) is 1. The topological polar surface area (TPSA) is 34.2 Å². The van der Waals surface area contributed by atoms with E-state index in [9.17, 15) is 0 Å². The molecule has 0 bridgehead atoms. The molecule has 1 N–H and O–H groups in total. The lowest BCUT2D eigenvalue weighted by Crippen LogP contribution is -2.22. The molecule has 0 radical (unpaired) electrons. The molecule has 3 nitrogen and oxygen atoms in total. The summed E-state index contributed by atoms with van der Waals surface area (Å²) >= 11 is 7.80. The van der Waals surface area contributed by atoms with Crippen LogP contribution >= 0.6 is 22.9 Å². The fraction of sp³-hybridized carbons (Fsp3) is 0.357. The van der Waals surface area contributed by atoms with Crippen molar-refractivity contribution in [1.82, 2.24) is 10.3 Å². The molecule has 0 aromatic carbocycles. The summed E-state index contributed by atoms with van der Waals surface area (Å²) in [5.41, 5.74) is 0.819. The zero-order valence-electron chi connectivity index (χ0n) is 11.0. The third kappa shape index (κ3) is 4.49. The maximum Gasteiger partial charge on any atom is 0.213 e. The normalized spacial score (nSPS) is 10.9. The Balaban J connectivity index is 1.99. The summed E-state index contributed by atoms with van der Waals surface area (Å²) in [6.07, 6.45) is 0. The average molecular weight is 297 g/mol. The molecule has 0 aliphatic heterocycles. The Bertz CT molecular complexity index is 514. The van der Waals surface area contributed by atoms with Gasteiger partial charge in [-0.25, -0.2) is 4.98 Å². The second kappa shape index (κ2) is 6.89. The summed E-state index contributed by atoms with van der Waals surface area (Å²) < 4.78 is 5.67. The van der Waals surface area contributed by atoms with E-state index in [-0.39, 0.29) is 0 Å². The Hall–Kier alpha value is -1.10. The molecule has 2 aromatic heterocycles. The number of hydrogen-bond acceptors (Lipinski definition) is 4. The van der Waals surface area contributed by atoms with Crippen molar-refractivity contribution in [1.29, 1.82) is 0 Å². The summed E-state index contributed by atoms with van der Waals surface area (Å²) in [5.74, 6) is 0.610. The molecule has 102 valence electrons. The van der Waals surface area contributed by atoms with E-state index in [1.165, 1.54) is 4.88 Å². The second-order valence-electron chi connectivity index (χ2n) is 4.48. The van der Waals surface area contributed by atoms with Gasteiger partial charge in [0.1, 0.15) is 6.61 Å². The second-order valence-corrected chi connectivity index (χ2v) is 5.92. The maximum absolute atomic E-state index is 6.12. The molecule has 2 rings (SSSR count). The minimum absolute atomic E-state index is 0.397. The van der Waals surface area contributed by atoms with Gasteiger partial charge in [0.15, 0.2) is 0 Å². The molecule has 0 amide bonds. The van der Waals surface area contributed by atoms with Crippen molar-refractivity contribution in [3.63, 3.8) is 0 Å². The van der Waals surface area contributed by atoms with Gasteiger partial charge in [-0.3, -0.25) is 0 Å². The SMILES string of the molecule is CC(C)NCc1nc(OCc2cccs2)ccc1Cl. The van der Waals surface area contributed by atoms with Crippen molar-refractivity contribution in [2.45, 2.75) is 33.0 Å². The van der Waals surface area contributed by atoms with Crippen molar-refractivity contribution in [3.05, 3.63) is 45.2 Å². The van der Waals surface area contributed by atoms with Gasteiger partial charge in [-0.2, -0.15) is 0 Å². The molecule has 0 saturated heterocycles. The molecular weight excluding hydrogens is 280 g/mol. The van der Waals surface area contributed by atoms with Crippen LogP contribution in [-0.2, 0) is 13.2 Å². The molecule has 2 aromatic rings. The van der Waals surface area contributed by atoms with E-state index in [0.717, 1.165) is 5.69 Å². The number of rotatable bonds is 6. The Morgan fingerprint density at radius 3 is 2.89 bits per heavy atom. The summed E-state index contributed by atoms with van der Waals surface area (Å²) in [6, 6.07) is 8.08. The molecular formula is C14H17ClN2OS. The van der Waals surface area contributed by atoms with Gasteiger partial charge >= 0.3 is 0 Å². The van der Waals surface area contributed by atoms with Crippen molar-refractivity contribution in [2.24, 2.45) is 0 Å². The summed E-state index contributed by atoms with van der Waals surface area (Å²) in [6.45, 7) is 5.37. The first-order chi connectivity index (χ1) is 9.15. The molecule has 0 fully saturated rings. The van der Waals surface area contributed by atoms with Crippen LogP contribution in [0.4, 0.5) is 0 Å². The van der Waals surface area contributed by atoms with Gasteiger partial charge in [0, 0.05) is 23.5 Å². The highest BCUT2D eigenvalue weighted by Gasteiger charge is 2.06. The molecule has 0 unspecified atom stereocenters. The van der Waals surface area contributed by atoms with Gasteiger partial charge in [-0.1, -0.05) is 31.5 Å². The minimum Gasteiger partial charge on any atom is -0.472 e. The average Bonchev–Trinajstić information content (AvgIpc) is 2.89. The fourth-order valence-electron chi connectivity index (χ4n) is 1.51. The third-order valence-corrected chi connectivity index (χ3v) is 3.71. The van der Waals surface area contributed by atoms with E-state index < -0.39 is 0 Å². The lowest BCUT2D eigenvalue weighted by Gasteiger charge is -2.10. The number of nitrogens with zero attached hydrogens (tertiary/aromatic N) is 1. The Morgan fingerprint density at radius 1 is 1.37 bits per heavy atom. The summed E-state index contributed by atoms with van der Waals surface area (Å²) in [7, 11) is 0. The molecule has 5 heteroatoms. The highest BCUT2D eigenvalue weighted by atomic mass is 35.5. The first kappa shape index (κ1) is 14.3. The van der Waals surface area contributed by atoms with Crippen LogP contribution < -0.4 is 10.1 Å². The third-order valence-electron chi connectivity index (χ3n) is 2.51. The number of halogens is 1. The van der Waals surface area contributed by atoms with Crippen LogP contribution in [0.1, 0.15) is 24.4 Å². The van der Waals surface area contributed by atoms with Crippen LogP contribution in [0.25, 0.3) is 0 Å². The number of pyridine rings is 1. The number of ether oxygens (including phenoxy) is 1. The van der Waals surface area contributed by atoms with Gasteiger partial charge in [0.05, 0.1) is 10.7 Å². The first-order valence-electron chi connectivity index (χ1n) is 6.19. The number of aromatic nitrogens is 1. The standard InChI is InChI=1S/C14H17ClN2OS/c1-10(2)16-8-13-12(15)5-6-14(17-13)18-9-11-4-3-7-19-11/h3-7,10,16H,8-9H2,1-2H3. The lowest BCUT2D eigenvalue weighted by molar-refractivity contribution is 0.296. The van der Waals surface area contributed by atoms with Crippen molar-refractivity contribution >= 4 is 22.9 Å². The summed E-state index contributed by atoms with van der Waals surface area (Å²) in [5, 5.41) is 6.00. The molecule has 0 aliphatic rings. The highest BCUT2D eigenvalue weighted by Crippen LogP contribution is 2.19. The Kier molecular flexibility index (Phi) is 5.19. The van der Waals surface area contributed by atoms with Crippen LogP contribution in [0.15, 0.2) is 29.6 Å². The van der Waals surface area contributed by atoms with Gasteiger partial charge in [0.2, 0.25) is 5.88 Å². The zero-order valence-corrected chi connectivity index (χ0v) is 12.6.